The van der Waals surface area contributed by atoms with Crippen LogP contribution in [0.4, 0.5) is 4.39 Å². The van der Waals surface area contributed by atoms with Gasteiger partial charge in [0.2, 0.25) is 0 Å². The summed E-state index contributed by atoms with van der Waals surface area (Å²) in [5.41, 5.74) is 0.838. The third-order valence-corrected chi connectivity index (χ3v) is 3.76. The summed E-state index contributed by atoms with van der Waals surface area (Å²) in [6.45, 7) is 2.54. The van der Waals surface area contributed by atoms with Gasteiger partial charge in [-0.15, -0.1) is 0 Å². The van der Waals surface area contributed by atoms with Crippen LogP contribution in [0.25, 0.3) is 0 Å². The summed E-state index contributed by atoms with van der Waals surface area (Å²) >= 11 is 3.34. The van der Waals surface area contributed by atoms with Gasteiger partial charge in [-0.25, -0.2) is 4.39 Å². The Hall–Kier alpha value is -1.39. The van der Waals surface area contributed by atoms with Crippen molar-refractivity contribution >= 4 is 15.9 Å². The minimum absolute atomic E-state index is 0.199. The fraction of sp³-hybridized carbons (Fsp3) is 0.250. The van der Waals surface area contributed by atoms with E-state index in [1.807, 2.05) is 25.1 Å². The fourth-order valence-corrected chi connectivity index (χ4v) is 2.58. The molecule has 20 heavy (non-hydrogen) atoms. The van der Waals surface area contributed by atoms with Crippen molar-refractivity contribution in [1.82, 2.24) is 0 Å². The van der Waals surface area contributed by atoms with Crippen molar-refractivity contribution in [2.45, 2.75) is 19.4 Å². The zero-order valence-corrected chi connectivity index (χ0v) is 12.7. The molecule has 4 heteroatoms. The standard InChI is InChI=1S/C16H16BrFO2/c1-2-10-20-13-9-8-12(18)14(15(13)17)16(19)11-6-4-3-5-7-11/h3-9,16,19H,2,10H2,1H3. The number of halogens is 2. The highest BCUT2D eigenvalue weighted by molar-refractivity contribution is 9.10. The van der Waals surface area contributed by atoms with Crippen molar-refractivity contribution in [1.29, 1.82) is 0 Å². The first kappa shape index (κ1) is 15.0. The van der Waals surface area contributed by atoms with E-state index in [4.69, 9.17) is 4.74 Å². The van der Waals surface area contributed by atoms with Gasteiger partial charge in [-0.1, -0.05) is 37.3 Å². The summed E-state index contributed by atoms with van der Waals surface area (Å²) in [6, 6.07) is 11.9. The Bertz CT molecular complexity index is 572. The Kier molecular flexibility index (Phi) is 5.15. The summed E-state index contributed by atoms with van der Waals surface area (Å²) in [7, 11) is 0. The zero-order chi connectivity index (χ0) is 14.5. The summed E-state index contributed by atoms with van der Waals surface area (Å²) in [4.78, 5) is 0. The highest BCUT2D eigenvalue weighted by atomic mass is 79.9. The van der Waals surface area contributed by atoms with Crippen LogP contribution in [0.2, 0.25) is 0 Å². The summed E-state index contributed by atoms with van der Waals surface area (Å²) < 4.78 is 20.0. The summed E-state index contributed by atoms with van der Waals surface area (Å²) in [5.74, 6) is 0.0790. The van der Waals surface area contributed by atoms with Crippen molar-refractivity contribution in [2.75, 3.05) is 6.61 Å². The Morgan fingerprint density at radius 2 is 1.90 bits per heavy atom. The molecular formula is C16H16BrFO2. The van der Waals surface area contributed by atoms with Crippen molar-refractivity contribution < 1.29 is 14.2 Å². The summed E-state index contributed by atoms with van der Waals surface area (Å²) in [5, 5.41) is 10.4. The number of aliphatic hydroxyl groups excluding tert-OH is 1. The fourth-order valence-electron chi connectivity index (χ4n) is 1.93. The minimum atomic E-state index is -1.03. The highest BCUT2D eigenvalue weighted by Gasteiger charge is 2.21. The molecule has 0 saturated heterocycles. The van der Waals surface area contributed by atoms with E-state index in [2.05, 4.69) is 15.9 Å². The molecule has 2 aromatic rings. The quantitative estimate of drug-likeness (QED) is 0.872. The van der Waals surface area contributed by atoms with Gasteiger partial charge < -0.3 is 9.84 Å². The number of aliphatic hydroxyl groups is 1. The van der Waals surface area contributed by atoms with Crippen LogP contribution in [0.1, 0.15) is 30.6 Å². The maximum absolute atomic E-state index is 14.0. The van der Waals surface area contributed by atoms with E-state index in [0.29, 0.717) is 22.4 Å². The second-order valence-electron chi connectivity index (χ2n) is 4.43. The molecule has 0 radical (unpaired) electrons. The van der Waals surface area contributed by atoms with Gasteiger partial charge in [-0.2, -0.15) is 0 Å². The van der Waals surface area contributed by atoms with Crippen molar-refractivity contribution in [3.63, 3.8) is 0 Å². The van der Waals surface area contributed by atoms with E-state index in [9.17, 15) is 9.50 Å². The first-order valence-corrected chi connectivity index (χ1v) is 7.28. The Balaban J connectivity index is 2.40. The van der Waals surface area contributed by atoms with Crippen LogP contribution >= 0.6 is 15.9 Å². The van der Waals surface area contributed by atoms with E-state index >= 15 is 0 Å². The van der Waals surface area contributed by atoms with Gasteiger partial charge in [0, 0.05) is 5.56 Å². The number of benzene rings is 2. The lowest BCUT2D eigenvalue weighted by atomic mass is 10.0. The van der Waals surface area contributed by atoms with E-state index in [1.54, 1.807) is 18.2 Å². The zero-order valence-electron chi connectivity index (χ0n) is 11.1. The molecule has 0 fully saturated rings. The van der Waals surface area contributed by atoms with Crippen molar-refractivity contribution in [3.05, 3.63) is 63.9 Å². The third kappa shape index (κ3) is 3.19. The average molecular weight is 339 g/mol. The molecule has 0 aliphatic heterocycles. The third-order valence-electron chi connectivity index (χ3n) is 2.94. The van der Waals surface area contributed by atoms with Crippen molar-refractivity contribution in [2.24, 2.45) is 0 Å². The van der Waals surface area contributed by atoms with E-state index in [0.717, 1.165) is 6.42 Å². The first-order chi connectivity index (χ1) is 9.65. The van der Waals surface area contributed by atoms with Crippen molar-refractivity contribution in [3.8, 4) is 5.75 Å². The van der Waals surface area contributed by atoms with E-state index in [-0.39, 0.29) is 5.56 Å². The number of ether oxygens (including phenoxy) is 1. The predicted molar refractivity (Wildman–Crippen MR) is 80.4 cm³/mol. The molecule has 0 bridgehead atoms. The van der Waals surface area contributed by atoms with Gasteiger partial charge in [0.1, 0.15) is 17.7 Å². The Morgan fingerprint density at radius 1 is 1.20 bits per heavy atom. The molecule has 1 N–H and O–H groups in total. The normalized spacial score (nSPS) is 12.2. The van der Waals surface area contributed by atoms with Crippen LogP contribution in [0, 0.1) is 5.82 Å². The maximum atomic E-state index is 14.0. The molecule has 0 spiro atoms. The van der Waals surface area contributed by atoms with Crippen LogP contribution in [0.5, 0.6) is 5.75 Å². The second kappa shape index (κ2) is 6.86. The highest BCUT2D eigenvalue weighted by Crippen LogP contribution is 2.37. The molecule has 2 nitrogen and oxygen atoms in total. The molecular weight excluding hydrogens is 323 g/mol. The van der Waals surface area contributed by atoms with Crippen LogP contribution in [0.15, 0.2) is 46.9 Å². The largest absolute Gasteiger partial charge is 0.492 e. The topological polar surface area (TPSA) is 29.5 Å². The Morgan fingerprint density at radius 3 is 2.55 bits per heavy atom. The molecule has 0 aliphatic carbocycles. The first-order valence-electron chi connectivity index (χ1n) is 6.48. The lowest BCUT2D eigenvalue weighted by Gasteiger charge is -2.17. The maximum Gasteiger partial charge on any atom is 0.134 e. The van der Waals surface area contributed by atoms with Gasteiger partial charge in [0.05, 0.1) is 11.1 Å². The number of rotatable bonds is 5. The lowest BCUT2D eigenvalue weighted by Crippen LogP contribution is -2.06. The predicted octanol–water partition coefficient (Wildman–Crippen LogP) is 4.46. The van der Waals surface area contributed by atoms with E-state index < -0.39 is 11.9 Å². The summed E-state index contributed by atoms with van der Waals surface area (Å²) in [6.07, 6.45) is -0.170. The molecule has 2 rings (SSSR count). The molecule has 0 aliphatic rings. The Labute approximate surface area is 126 Å². The molecule has 0 heterocycles. The minimum Gasteiger partial charge on any atom is -0.492 e. The molecule has 0 amide bonds. The van der Waals surface area contributed by atoms with Gasteiger partial charge in [0.15, 0.2) is 0 Å². The number of hydrogen-bond donors (Lipinski definition) is 1. The van der Waals surface area contributed by atoms with E-state index in [1.165, 1.54) is 6.07 Å². The second-order valence-corrected chi connectivity index (χ2v) is 5.23. The SMILES string of the molecule is CCCOc1ccc(F)c(C(O)c2ccccc2)c1Br. The number of hydrogen-bond acceptors (Lipinski definition) is 2. The van der Waals surface area contributed by atoms with Gasteiger partial charge in [-0.05, 0) is 40.0 Å². The monoisotopic (exact) mass is 338 g/mol. The average Bonchev–Trinajstić information content (AvgIpc) is 2.47. The van der Waals surface area contributed by atoms with Crippen LogP contribution in [-0.2, 0) is 0 Å². The molecule has 1 atom stereocenters. The molecule has 1 unspecified atom stereocenters. The molecule has 0 aromatic heterocycles. The lowest BCUT2D eigenvalue weighted by molar-refractivity contribution is 0.212. The van der Waals surface area contributed by atoms with Gasteiger partial charge in [-0.3, -0.25) is 0 Å². The molecule has 106 valence electrons. The smallest absolute Gasteiger partial charge is 0.134 e. The van der Waals surface area contributed by atoms with Gasteiger partial charge in [0.25, 0.3) is 0 Å². The van der Waals surface area contributed by atoms with Crippen LogP contribution < -0.4 is 4.74 Å². The van der Waals surface area contributed by atoms with Gasteiger partial charge >= 0.3 is 0 Å². The van der Waals surface area contributed by atoms with Crippen LogP contribution in [0.3, 0.4) is 0 Å². The van der Waals surface area contributed by atoms with Crippen LogP contribution in [-0.4, -0.2) is 11.7 Å². The molecule has 0 saturated carbocycles. The molecule has 2 aromatic carbocycles.